The Morgan fingerprint density at radius 3 is 2.42 bits per heavy atom. The molecule has 0 aliphatic heterocycles. The molecule has 0 saturated carbocycles. The second kappa shape index (κ2) is 9.03. The molecule has 0 radical (unpaired) electrons. The Kier molecular flexibility index (Phi) is 8.09. The van der Waals surface area contributed by atoms with Gasteiger partial charge in [0.1, 0.15) is 6.23 Å². The predicted octanol–water partition coefficient (Wildman–Crippen LogP) is -1.85. The van der Waals surface area contributed by atoms with Gasteiger partial charge in [-0.1, -0.05) is 6.58 Å². The molecule has 4 N–H and O–H groups in total. The fourth-order valence-corrected chi connectivity index (χ4v) is 0.773. The van der Waals surface area contributed by atoms with Crippen LogP contribution in [-0.4, -0.2) is 54.0 Å². The Labute approximate surface area is 109 Å². The Morgan fingerprint density at radius 2 is 1.89 bits per heavy atom. The van der Waals surface area contributed by atoms with Crippen LogP contribution in [0.4, 0.5) is 0 Å². The molecule has 19 heavy (non-hydrogen) atoms. The number of carboxylic acid groups (broad SMARTS) is 1. The van der Waals surface area contributed by atoms with E-state index in [-0.39, 0.29) is 18.7 Å². The van der Waals surface area contributed by atoms with Gasteiger partial charge in [0.25, 0.3) is 0 Å². The Bertz CT molecular complexity index is 356. The van der Waals surface area contributed by atoms with Gasteiger partial charge < -0.3 is 15.5 Å². The third kappa shape index (κ3) is 9.71. The molecular formula is C10H16N2O7. The molecule has 1 atom stereocenters. The highest BCUT2D eigenvalue weighted by Gasteiger charge is 2.11. The monoisotopic (exact) mass is 276 g/mol. The van der Waals surface area contributed by atoms with Crippen LogP contribution < -0.4 is 10.6 Å². The number of aliphatic hydroxyl groups excluding tert-OH is 1. The van der Waals surface area contributed by atoms with E-state index in [2.05, 4.69) is 27.0 Å². The summed E-state index contributed by atoms with van der Waals surface area (Å²) in [6.07, 6.45) is -1.14. The first-order valence-electron chi connectivity index (χ1n) is 5.24. The third-order valence-corrected chi connectivity index (χ3v) is 1.65. The van der Waals surface area contributed by atoms with Gasteiger partial charge in [-0.15, -0.1) is 0 Å². The van der Waals surface area contributed by atoms with Crippen molar-refractivity contribution in [1.29, 1.82) is 0 Å². The zero-order valence-electron chi connectivity index (χ0n) is 10.3. The van der Waals surface area contributed by atoms with E-state index in [1.54, 1.807) is 0 Å². The van der Waals surface area contributed by atoms with Gasteiger partial charge in [-0.2, -0.15) is 0 Å². The lowest BCUT2D eigenvalue weighted by Crippen LogP contribution is -2.42. The van der Waals surface area contributed by atoms with E-state index >= 15 is 0 Å². The SMILES string of the molecule is C=C(C)C(=O)OOC(=O)CNCC(O)NCC(=O)O. The molecule has 9 nitrogen and oxygen atoms in total. The van der Waals surface area contributed by atoms with Gasteiger partial charge in [0, 0.05) is 12.1 Å². The molecule has 0 fully saturated rings. The smallest absolute Gasteiger partial charge is 0.381 e. The first-order chi connectivity index (χ1) is 8.82. The van der Waals surface area contributed by atoms with E-state index in [4.69, 9.17) is 5.11 Å². The lowest BCUT2D eigenvalue weighted by Gasteiger charge is -2.11. The van der Waals surface area contributed by atoms with Crippen molar-refractivity contribution in [3.8, 4) is 0 Å². The number of carbonyl (C=O) groups is 3. The van der Waals surface area contributed by atoms with Crippen molar-refractivity contribution in [2.45, 2.75) is 13.2 Å². The van der Waals surface area contributed by atoms with Gasteiger partial charge >= 0.3 is 17.9 Å². The van der Waals surface area contributed by atoms with E-state index in [9.17, 15) is 19.5 Å². The molecule has 0 aromatic heterocycles. The fraction of sp³-hybridized carbons (Fsp3) is 0.500. The van der Waals surface area contributed by atoms with Gasteiger partial charge in [0.15, 0.2) is 0 Å². The normalized spacial score (nSPS) is 11.5. The van der Waals surface area contributed by atoms with Crippen LogP contribution in [-0.2, 0) is 24.2 Å². The molecular weight excluding hydrogens is 260 g/mol. The summed E-state index contributed by atoms with van der Waals surface area (Å²) in [6, 6.07) is 0. The van der Waals surface area contributed by atoms with E-state index in [0.29, 0.717) is 0 Å². The number of nitrogens with one attached hydrogen (secondary N) is 2. The molecule has 0 aromatic carbocycles. The number of aliphatic hydroxyl groups is 1. The number of carboxylic acids is 1. The van der Waals surface area contributed by atoms with Crippen LogP contribution in [0.3, 0.4) is 0 Å². The van der Waals surface area contributed by atoms with Gasteiger partial charge in [-0.25, -0.2) is 19.4 Å². The highest BCUT2D eigenvalue weighted by atomic mass is 17.2. The van der Waals surface area contributed by atoms with E-state index < -0.39 is 30.7 Å². The van der Waals surface area contributed by atoms with Crippen molar-refractivity contribution in [1.82, 2.24) is 10.6 Å². The van der Waals surface area contributed by atoms with Crippen LogP contribution in [0.25, 0.3) is 0 Å². The minimum Gasteiger partial charge on any atom is -0.480 e. The van der Waals surface area contributed by atoms with Crippen LogP contribution >= 0.6 is 0 Å². The number of hydrogen-bond donors (Lipinski definition) is 4. The first kappa shape index (κ1) is 17.0. The average molecular weight is 276 g/mol. The van der Waals surface area contributed by atoms with Crippen molar-refractivity contribution >= 4 is 17.9 Å². The van der Waals surface area contributed by atoms with Crippen molar-refractivity contribution in [3.63, 3.8) is 0 Å². The molecule has 0 spiro atoms. The van der Waals surface area contributed by atoms with Crippen LogP contribution in [0.5, 0.6) is 0 Å². The molecule has 1 unspecified atom stereocenters. The number of carbonyl (C=O) groups excluding carboxylic acids is 2. The van der Waals surface area contributed by atoms with Gasteiger partial charge in [0.05, 0.1) is 13.1 Å². The molecule has 0 bridgehead atoms. The van der Waals surface area contributed by atoms with Gasteiger partial charge in [-0.3, -0.25) is 10.1 Å². The maximum atomic E-state index is 11.0. The summed E-state index contributed by atoms with van der Waals surface area (Å²) in [6.45, 7) is 3.85. The number of hydrogen-bond acceptors (Lipinski definition) is 8. The fourth-order valence-electron chi connectivity index (χ4n) is 0.773. The minimum atomic E-state index is -1.14. The lowest BCUT2D eigenvalue weighted by atomic mass is 10.4. The van der Waals surface area contributed by atoms with E-state index in [0.717, 1.165) is 0 Å². The summed E-state index contributed by atoms with van der Waals surface area (Å²) in [5, 5.41) is 22.3. The molecule has 0 saturated heterocycles. The van der Waals surface area contributed by atoms with Crippen molar-refractivity contribution < 1.29 is 34.4 Å². The van der Waals surface area contributed by atoms with Crippen LogP contribution in [0, 0.1) is 0 Å². The summed E-state index contributed by atoms with van der Waals surface area (Å²) >= 11 is 0. The summed E-state index contributed by atoms with van der Waals surface area (Å²) < 4.78 is 0. The van der Waals surface area contributed by atoms with Crippen molar-refractivity contribution in [2.24, 2.45) is 0 Å². The highest BCUT2D eigenvalue weighted by molar-refractivity contribution is 5.87. The second-order valence-corrected chi connectivity index (χ2v) is 3.53. The molecule has 0 aromatic rings. The van der Waals surface area contributed by atoms with Gasteiger partial charge in [0.2, 0.25) is 0 Å². The van der Waals surface area contributed by atoms with Crippen molar-refractivity contribution in [2.75, 3.05) is 19.6 Å². The molecule has 0 aliphatic carbocycles. The first-order valence-corrected chi connectivity index (χ1v) is 5.24. The average Bonchev–Trinajstić information content (AvgIpc) is 2.33. The summed E-state index contributed by atoms with van der Waals surface area (Å²) in [7, 11) is 0. The highest BCUT2D eigenvalue weighted by Crippen LogP contribution is 1.92. The minimum absolute atomic E-state index is 0.0778. The zero-order chi connectivity index (χ0) is 14.8. The zero-order valence-corrected chi connectivity index (χ0v) is 10.3. The largest absolute Gasteiger partial charge is 0.480 e. The molecule has 0 aliphatic rings. The third-order valence-electron chi connectivity index (χ3n) is 1.65. The summed E-state index contributed by atoms with van der Waals surface area (Å²) in [5.41, 5.74) is 0.0778. The maximum Gasteiger partial charge on any atom is 0.381 e. The van der Waals surface area contributed by atoms with E-state index in [1.807, 2.05) is 0 Å². The quantitative estimate of drug-likeness (QED) is 0.174. The molecule has 0 rings (SSSR count). The Hall–Kier alpha value is -1.97. The van der Waals surface area contributed by atoms with Crippen molar-refractivity contribution in [3.05, 3.63) is 12.2 Å². The maximum absolute atomic E-state index is 11.0. The van der Waals surface area contributed by atoms with Crippen LogP contribution in [0.2, 0.25) is 0 Å². The molecule has 9 heteroatoms. The number of rotatable bonds is 8. The standard InChI is InChI=1S/C10H16N2O7/c1-6(2)10(17)19-18-9(16)5-11-3-7(13)12-4-8(14)15/h7,11-13H,1,3-5H2,2H3,(H,14,15). The summed E-state index contributed by atoms with van der Waals surface area (Å²) in [5.74, 6) is -2.86. The van der Waals surface area contributed by atoms with Crippen LogP contribution in [0.1, 0.15) is 6.92 Å². The molecule has 0 heterocycles. The second-order valence-electron chi connectivity index (χ2n) is 3.53. The Morgan fingerprint density at radius 1 is 1.26 bits per heavy atom. The molecule has 108 valence electrons. The lowest BCUT2D eigenvalue weighted by molar-refractivity contribution is -0.254. The predicted molar refractivity (Wildman–Crippen MR) is 61.5 cm³/mol. The topological polar surface area (TPSA) is 134 Å². The van der Waals surface area contributed by atoms with Gasteiger partial charge in [-0.05, 0) is 6.92 Å². The Balaban J connectivity index is 3.65. The number of aliphatic carboxylic acids is 1. The van der Waals surface area contributed by atoms with E-state index in [1.165, 1.54) is 6.92 Å². The molecule has 0 amide bonds. The summed E-state index contributed by atoms with van der Waals surface area (Å²) in [4.78, 5) is 40.3. The van der Waals surface area contributed by atoms with Crippen LogP contribution in [0.15, 0.2) is 12.2 Å².